The summed E-state index contributed by atoms with van der Waals surface area (Å²) in [5.74, 6) is 0. The van der Waals surface area contributed by atoms with Crippen LogP contribution in [0.3, 0.4) is 0 Å². The van der Waals surface area contributed by atoms with Gasteiger partial charge in [0.2, 0.25) is 10.0 Å². The van der Waals surface area contributed by atoms with Gasteiger partial charge in [0, 0.05) is 17.8 Å². The fourth-order valence-corrected chi connectivity index (χ4v) is 1.87. The number of rotatable bonds is 1. The molecule has 0 saturated carbocycles. The average molecular weight is 197 g/mol. The summed E-state index contributed by atoms with van der Waals surface area (Å²) in [4.78, 5) is 7.67. The van der Waals surface area contributed by atoms with Crippen LogP contribution >= 0.6 is 0 Å². The van der Waals surface area contributed by atoms with Crippen molar-refractivity contribution in [3.63, 3.8) is 0 Å². The first-order valence-electron chi connectivity index (χ1n) is 3.56. The van der Waals surface area contributed by atoms with Gasteiger partial charge >= 0.3 is 0 Å². The summed E-state index contributed by atoms with van der Waals surface area (Å²) >= 11 is 0. The van der Waals surface area contributed by atoms with E-state index in [1.165, 1.54) is 12.5 Å². The molecule has 0 aliphatic carbocycles. The van der Waals surface area contributed by atoms with Crippen LogP contribution in [0.1, 0.15) is 0 Å². The first kappa shape index (κ1) is 8.18. The maximum Gasteiger partial charge on any atom is 0.237 e. The topological polar surface area (TPSA) is 64.8 Å². The van der Waals surface area contributed by atoms with Crippen molar-refractivity contribution in [2.75, 3.05) is 6.26 Å². The number of aromatic nitrogens is 3. The van der Waals surface area contributed by atoms with Crippen molar-refractivity contribution in [1.82, 2.24) is 13.9 Å². The van der Waals surface area contributed by atoms with Gasteiger partial charge in [-0.3, -0.25) is 0 Å². The summed E-state index contributed by atoms with van der Waals surface area (Å²) in [6, 6.07) is 1.66. The van der Waals surface area contributed by atoms with Crippen molar-refractivity contribution in [2.24, 2.45) is 0 Å². The molecule has 5 nitrogen and oxygen atoms in total. The highest BCUT2D eigenvalue weighted by Gasteiger charge is 2.09. The molecule has 0 aliphatic rings. The molecule has 0 unspecified atom stereocenters. The lowest BCUT2D eigenvalue weighted by Gasteiger charge is -1.98. The Bertz CT molecular complexity index is 544. The first-order chi connectivity index (χ1) is 6.09. The van der Waals surface area contributed by atoms with Crippen LogP contribution in [-0.2, 0) is 10.0 Å². The van der Waals surface area contributed by atoms with Gasteiger partial charge in [-0.1, -0.05) is 0 Å². The third-order valence-electron chi connectivity index (χ3n) is 1.67. The SMILES string of the molecule is CS(=O)(=O)n1ccc2cncnc21. The average Bonchev–Trinajstić information content (AvgIpc) is 2.45. The minimum Gasteiger partial charge on any atom is -0.244 e. The number of fused-ring (bicyclic) bond motifs is 1. The highest BCUT2D eigenvalue weighted by atomic mass is 32.2. The van der Waals surface area contributed by atoms with Crippen LogP contribution in [0.15, 0.2) is 24.8 Å². The van der Waals surface area contributed by atoms with Crippen molar-refractivity contribution in [1.29, 1.82) is 0 Å². The van der Waals surface area contributed by atoms with Gasteiger partial charge in [0.15, 0.2) is 5.65 Å². The molecule has 2 heterocycles. The molecule has 0 amide bonds. The monoisotopic (exact) mass is 197 g/mol. The molecule has 0 spiro atoms. The lowest BCUT2D eigenvalue weighted by molar-refractivity contribution is 0.595. The van der Waals surface area contributed by atoms with Crippen molar-refractivity contribution < 1.29 is 8.42 Å². The molecule has 0 aliphatic heterocycles. The predicted molar refractivity (Wildman–Crippen MR) is 47.8 cm³/mol. The molecule has 2 aromatic rings. The zero-order chi connectivity index (χ0) is 9.47. The molecule has 0 bridgehead atoms. The predicted octanol–water partition coefficient (Wildman–Crippen LogP) is 0.239. The van der Waals surface area contributed by atoms with E-state index >= 15 is 0 Å². The number of nitrogens with zero attached hydrogens (tertiary/aromatic N) is 3. The second kappa shape index (κ2) is 2.53. The van der Waals surface area contributed by atoms with E-state index in [9.17, 15) is 8.42 Å². The molecule has 2 aromatic heterocycles. The van der Waals surface area contributed by atoms with Crippen LogP contribution in [0.2, 0.25) is 0 Å². The van der Waals surface area contributed by atoms with Crippen molar-refractivity contribution in [3.8, 4) is 0 Å². The van der Waals surface area contributed by atoms with Crippen molar-refractivity contribution in [3.05, 3.63) is 24.8 Å². The van der Waals surface area contributed by atoms with Crippen molar-refractivity contribution in [2.45, 2.75) is 0 Å². The normalized spacial score (nSPS) is 12.1. The fourth-order valence-electron chi connectivity index (χ4n) is 1.12. The summed E-state index contributed by atoms with van der Waals surface area (Å²) in [7, 11) is -3.26. The summed E-state index contributed by atoms with van der Waals surface area (Å²) < 4.78 is 23.6. The van der Waals surface area contributed by atoms with E-state index in [0.29, 0.717) is 11.0 Å². The van der Waals surface area contributed by atoms with E-state index < -0.39 is 10.0 Å². The summed E-state index contributed by atoms with van der Waals surface area (Å²) in [6.07, 6.45) is 5.50. The maximum atomic E-state index is 11.2. The number of hydrogen-bond donors (Lipinski definition) is 0. The van der Waals surface area contributed by atoms with E-state index in [-0.39, 0.29) is 0 Å². The molecule has 68 valence electrons. The van der Waals surface area contributed by atoms with Gasteiger partial charge in [0.1, 0.15) is 6.33 Å². The van der Waals surface area contributed by atoms with Gasteiger partial charge in [-0.25, -0.2) is 22.4 Å². The first-order valence-corrected chi connectivity index (χ1v) is 5.41. The van der Waals surface area contributed by atoms with Crippen LogP contribution in [0.4, 0.5) is 0 Å². The van der Waals surface area contributed by atoms with Gasteiger partial charge in [0.05, 0.1) is 6.26 Å². The third-order valence-corrected chi connectivity index (χ3v) is 2.68. The van der Waals surface area contributed by atoms with Crippen molar-refractivity contribution >= 4 is 21.1 Å². The Morgan fingerprint density at radius 3 is 2.92 bits per heavy atom. The standard InChI is InChI=1S/C7H7N3O2S/c1-13(11,12)10-3-2-6-4-8-5-9-7(6)10/h2-5H,1H3. The zero-order valence-electron chi connectivity index (χ0n) is 6.88. The quantitative estimate of drug-likeness (QED) is 0.656. The fraction of sp³-hybridized carbons (Fsp3) is 0.143. The Morgan fingerprint density at radius 1 is 1.46 bits per heavy atom. The van der Waals surface area contributed by atoms with E-state index in [0.717, 1.165) is 10.2 Å². The smallest absolute Gasteiger partial charge is 0.237 e. The Hall–Kier alpha value is -1.43. The second-order valence-corrected chi connectivity index (χ2v) is 4.54. The molecule has 0 fully saturated rings. The van der Waals surface area contributed by atoms with Crippen LogP contribution in [0.5, 0.6) is 0 Å². The second-order valence-electron chi connectivity index (χ2n) is 2.68. The van der Waals surface area contributed by atoms with Gasteiger partial charge in [-0.05, 0) is 6.07 Å². The molecular weight excluding hydrogens is 190 g/mol. The molecule has 0 aromatic carbocycles. The van der Waals surface area contributed by atoms with Gasteiger partial charge in [0.25, 0.3) is 0 Å². The van der Waals surface area contributed by atoms with Crippen LogP contribution < -0.4 is 0 Å². The maximum absolute atomic E-state index is 11.2. The van der Waals surface area contributed by atoms with Crippen LogP contribution in [-0.4, -0.2) is 28.6 Å². The van der Waals surface area contributed by atoms with Gasteiger partial charge < -0.3 is 0 Å². The minimum atomic E-state index is -3.26. The third kappa shape index (κ3) is 1.29. The Labute approximate surface area is 75.1 Å². The van der Waals surface area contributed by atoms with Crippen LogP contribution in [0, 0.1) is 0 Å². The molecule has 0 saturated heterocycles. The molecule has 6 heteroatoms. The molecule has 0 N–H and O–H groups in total. The zero-order valence-corrected chi connectivity index (χ0v) is 7.69. The Morgan fingerprint density at radius 2 is 2.23 bits per heavy atom. The Balaban J connectivity index is 2.87. The highest BCUT2D eigenvalue weighted by molar-refractivity contribution is 7.89. The van der Waals surface area contributed by atoms with Gasteiger partial charge in [-0.15, -0.1) is 0 Å². The van der Waals surface area contributed by atoms with E-state index in [2.05, 4.69) is 9.97 Å². The summed E-state index contributed by atoms with van der Waals surface area (Å²) in [5.41, 5.74) is 0.414. The lowest BCUT2D eigenvalue weighted by atomic mass is 10.4. The number of hydrogen-bond acceptors (Lipinski definition) is 4. The van der Waals surface area contributed by atoms with Crippen LogP contribution in [0.25, 0.3) is 11.0 Å². The molecular formula is C7H7N3O2S. The summed E-state index contributed by atoms with van der Waals surface area (Å²) in [6.45, 7) is 0. The minimum absolute atomic E-state index is 0.414. The molecule has 2 rings (SSSR count). The van der Waals surface area contributed by atoms with Gasteiger partial charge in [-0.2, -0.15) is 0 Å². The lowest BCUT2D eigenvalue weighted by Crippen LogP contribution is -2.08. The highest BCUT2D eigenvalue weighted by Crippen LogP contribution is 2.12. The van der Waals surface area contributed by atoms with E-state index in [1.54, 1.807) is 12.3 Å². The Kier molecular flexibility index (Phi) is 1.59. The molecule has 0 radical (unpaired) electrons. The largest absolute Gasteiger partial charge is 0.244 e. The molecule has 13 heavy (non-hydrogen) atoms. The van der Waals surface area contributed by atoms with E-state index in [4.69, 9.17) is 0 Å². The summed E-state index contributed by atoms with van der Waals surface area (Å²) in [5, 5.41) is 0.716. The molecule has 0 atom stereocenters. The van der Waals surface area contributed by atoms with E-state index in [1.807, 2.05) is 0 Å².